The molecule has 1 saturated carbocycles. The minimum absolute atomic E-state index is 0.0547. The summed E-state index contributed by atoms with van der Waals surface area (Å²) in [6.07, 6.45) is 5.10. The predicted octanol–water partition coefficient (Wildman–Crippen LogP) is 2.74. The van der Waals surface area contributed by atoms with Crippen molar-refractivity contribution < 1.29 is 13.2 Å². The second-order valence-corrected chi connectivity index (χ2v) is 8.87. The summed E-state index contributed by atoms with van der Waals surface area (Å²) in [6.45, 7) is 0. The number of carbonyl (C=O) groups excluding carboxylic acids is 1. The van der Waals surface area contributed by atoms with Crippen molar-refractivity contribution in [1.82, 2.24) is 14.5 Å². The van der Waals surface area contributed by atoms with Crippen LogP contribution in [0.1, 0.15) is 42.5 Å². The molecular weight excluding hydrogens is 360 g/mol. The Morgan fingerprint density at radius 1 is 1.20 bits per heavy atom. The molecule has 1 aliphatic rings. The summed E-state index contributed by atoms with van der Waals surface area (Å²) in [5.74, 6) is -0.346. The molecule has 3 rings (SSSR count). The lowest BCUT2D eigenvalue weighted by Crippen LogP contribution is -2.38. The van der Waals surface area contributed by atoms with E-state index in [0.29, 0.717) is 10.7 Å². The Balaban J connectivity index is 1.73. The van der Waals surface area contributed by atoms with E-state index < -0.39 is 10.0 Å². The van der Waals surface area contributed by atoms with Crippen LogP contribution in [0.25, 0.3) is 0 Å². The van der Waals surface area contributed by atoms with Crippen LogP contribution in [0.2, 0.25) is 0 Å². The van der Waals surface area contributed by atoms with Gasteiger partial charge in [-0.3, -0.25) is 10.1 Å². The summed E-state index contributed by atoms with van der Waals surface area (Å²) in [5, 5.41) is 10.4. The summed E-state index contributed by atoms with van der Waals surface area (Å²) in [4.78, 5) is 12.3. The average molecular weight is 380 g/mol. The standard InChI is InChI=1S/C16H20N4O3S2/c1-20(13-5-3-2-4-6-13)25(22,23)14-9-7-12(8-10-14)15(21)18-16-19-17-11-24-16/h7-11,13H,2-6H2,1H3,(H,18,19,21). The number of amides is 1. The molecule has 0 atom stereocenters. The third-order valence-electron chi connectivity index (χ3n) is 4.46. The number of nitrogens with zero attached hydrogens (tertiary/aromatic N) is 3. The largest absolute Gasteiger partial charge is 0.296 e. The molecule has 0 spiro atoms. The number of sulfonamides is 1. The number of anilines is 1. The lowest BCUT2D eigenvalue weighted by atomic mass is 9.96. The van der Waals surface area contributed by atoms with Gasteiger partial charge in [0.15, 0.2) is 0 Å². The maximum Gasteiger partial charge on any atom is 0.257 e. The van der Waals surface area contributed by atoms with Crippen molar-refractivity contribution in [2.75, 3.05) is 12.4 Å². The SMILES string of the molecule is CN(C1CCCCC1)S(=O)(=O)c1ccc(C(=O)Nc2nncs2)cc1. The Morgan fingerprint density at radius 2 is 1.88 bits per heavy atom. The van der Waals surface area contributed by atoms with Crippen molar-refractivity contribution in [1.29, 1.82) is 0 Å². The second-order valence-electron chi connectivity index (χ2n) is 6.04. The number of benzene rings is 1. The molecule has 25 heavy (non-hydrogen) atoms. The number of hydrogen-bond acceptors (Lipinski definition) is 6. The van der Waals surface area contributed by atoms with Crippen LogP contribution >= 0.6 is 11.3 Å². The van der Waals surface area contributed by atoms with Crippen LogP contribution in [0.3, 0.4) is 0 Å². The monoisotopic (exact) mass is 380 g/mol. The van der Waals surface area contributed by atoms with Gasteiger partial charge in [-0.15, -0.1) is 10.2 Å². The zero-order valence-corrected chi connectivity index (χ0v) is 15.5. The molecular formula is C16H20N4O3S2. The smallest absolute Gasteiger partial charge is 0.257 e. The van der Waals surface area contributed by atoms with Crippen LogP contribution in [0, 0.1) is 0 Å². The summed E-state index contributed by atoms with van der Waals surface area (Å²) >= 11 is 1.22. The summed E-state index contributed by atoms with van der Waals surface area (Å²) in [5.41, 5.74) is 1.89. The molecule has 7 nitrogen and oxygen atoms in total. The van der Waals surface area contributed by atoms with Crippen LogP contribution in [0.5, 0.6) is 0 Å². The molecule has 1 aromatic heterocycles. The number of aromatic nitrogens is 2. The zero-order chi connectivity index (χ0) is 17.9. The van der Waals surface area contributed by atoms with Crippen LogP contribution in [0.15, 0.2) is 34.7 Å². The predicted molar refractivity (Wildman–Crippen MR) is 96.1 cm³/mol. The molecule has 1 amide bonds. The first-order valence-electron chi connectivity index (χ1n) is 8.14. The van der Waals surface area contributed by atoms with Crippen molar-refractivity contribution in [3.05, 3.63) is 35.3 Å². The first kappa shape index (κ1) is 18.0. The lowest BCUT2D eigenvalue weighted by Gasteiger charge is -2.30. The Hall–Kier alpha value is -1.84. The van der Waals surface area contributed by atoms with Crippen molar-refractivity contribution >= 4 is 32.4 Å². The lowest BCUT2D eigenvalue weighted by molar-refractivity contribution is 0.102. The van der Waals surface area contributed by atoms with E-state index in [4.69, 9.17) is 0 Å². The molecule has 1 aliphatic carbocycles. The number of hydrogen-bond donors (Lipinski definition) is 1. The van der Waals surface area contributed by atoms with E-state index in [-0.39, 0.29) is 16.8 Å². The molecule has 0 unspecified atom stereocenters. The quantitative estimate of drug-likeness (QED) is 0.861. The molecule has 0 saturated heterocycles. The number of carbonyl (C=O) groups is 1. The maximum atomic E-state index is 12.8. The van der Waals surface area contributed by atoms with Crippen molar-refractivity contribution in [2.24, 2.45) is 0 Å². The van der Waals surface area contributed by atoms with Crippen LogP contribution < -0.4 is 5.32 Å². The topological polar surface area (TPSA) is 92.3 Å². The highest BCUT2D eigenvalue weighted by molar-refractivity contribution is 7.89. The van der Waals surface area contributed by atoms with Gasteiger partial charge >= 0.3 is 0 Å². The fourth-order valence-electron chi connectivity index (χ4n) is 2.98. The van der Waals surface area contributed by atoms with Gasteiger partial charge < -0.3 is 0 Å². The Morgan fingerprint density at radius 3 is 2.48 bits per heavy atom. The maximum absolute atomic E-state index is 12.8. The zero-order valence-electron chi connectivity index (χ0n) is 13.9. The van der Waals surface area contributed by atoms with Crippen LogP contribution in [-0.4, -0.2) is 41.9 Å². The van der Waals surface area contributed by atoms with E-state index in [1.54, 1.807) is 7.05 Å². The summed E-state index contributed by atoms with van der Waals surface area (Å²) in [7, 11) is -1.91. The number of rotatable bonds is 5. The van der Waals surface area contributed by atoms with E-state index in [0.717, 1.165) is 25.7 Å². The minimum atomic E-state index is -3.55. The first-order chi connectivity index (χ1) is 12.0. The van der Waals surface area contributed by atoms with Crippen LogP contribution in [0.4, 0.5) is 5.13 Å². The molecule has 134 valence electrons. The van der Waals surface area contributed by atoms with Crippen LogP contribution in [-0.2, 0) is 10.0 Å². The second kappa shape index (κ2) is 7.59. The molecule has 0 radical (unpaired) electrons. The Kier molecular flexibility index (Phi) is 5.45. The van der Waals surface area contributed by atoms with Gasteiger partial charge in [0.05, 0.1) is 4.90 Å². The van der Waals surface area contributed by atoms with Gasteiger partial charge in [0, 0.05) is 18.7 Å². The summed E-state index contributed by atoms with van der Waals surface area (Å²) < 4.78 is 27.0. The molecule has 0 aliphatic heterocycles. The van der Waals surface area contributed by atoms with Gasteiger partial charge in [-0.05, 0) is 37.1 Å². The third-order valence-corrected chi connectivity index (χ3v) is 6.99. The first-order valence-corrected chi connectivity index (χ1v) is 10.5. The average Bonchev–Trinajstić information content (AvgIpc) is 3.15. The fourth-order valence-corrected chi connectivity index (χ4v) is 4.84. The molecule has 2 aromatic rings. The Labute approximate surface area is 151 Å². The fraction of sp³-hybridized carbons (Fsp3) is 0.438. The summed E-state index contributed by atoms with van der Waals surface area (Å²) in [6, 6.07) is 6.03. The number of nitrogens with one attached hydrogen (secondary N) is 1. The van der Waals surface area contributed by atoms with Crippen molar-refractivity contribution in [2.45, 2.75) is 43.0 Å². The van der Waals surface area contributed by atoms with Crippen molar-refractivity contribution in [3.8, 4) is 0 Å². The van der Waals surface area contributed by atoms with Gasteiger partial charge in [-0.2, -0.15) is 4.31 Å². The molecule has 1 aromatic carbocycles. The highest BCUT2D eigenvalue weighted by Crippen LogP contribution is 2.26. The molecule has 0 bridgehead atoms. The molecule has 1 heterocycles. The van der Waals surface area contributed by atoms with E-state index in [1.165, 1.54) is 51.8 Å². The van der Waals surface area contributed by atoms with Gasteiger partial charge in [-0.25, -0.2) is 8.42 Å². The molecule has 1 N–H and O–H groups in total. The van der Waals surface area contributed by atoms with E-state index in [1.807, 2.05) is 0 Å². The normalized spacial score (nSPS) is 16.1. The highest BCUT2D eigenvalue weighted by Gasteiger charge is 2.29. The molecule has 9 heteroatoms. The van der Waals surface area contributed by atoms with Gasteiger partial charge in [0.25, 0.3) is 5.91 Å². The third kappa shape index (κ3) is 4.05. The van der Waals surface area contributed by atoms with Gasteiger partial charge in [0.2, 0.25) is 15.2 Å². The van der Waals surface area contributed by atoms with Gasteiger partial charge in [0.1, 0.15) is 5.51 Å². The van der Waals surface area contributed by atoms with E-state index in [9.17, 15) is 13.2 Å². The minimum Gasteiger partial charge on any atom is -0.296 e. The van der Waals surface area contributed by atoms with E-state index in [2.05, 4.69) is 15.5 Å². The van der Waals surface area contributed by atoms with Gasteiger partial charge in [-0.1, -0.05) is 30.6 Å². The highest BCUT2D eigenvalue weighted by atomic mass is 32.2. The Bertz CT molecular complexity index is 814. The van der Waals surface area contributed by atoms with Crippen molar-refractivity contribution in [3.63, 3.8) is 0 Å². The van der Waals surface area contributed by atoms with E-state index >= 15 is 0 Å². The molecule has 1 fully saturated rings.